The first-order valence-corrected chi connectivity index (χ1v) is 9.70. The van der Waals surface area contributed by atoms with Gasteiger partial charge in [0.25, 0.3) is 5.91 Å². The predicted molar refractivity (Wildman–Crippen MR) is 109 cm³/mol. The fraction of sp³-hybridized carbons (Fsp3) is 0.286. The van der Waals surface area contributed by atoms with Gasteiger partial charge in [-0.15, -0.1) is 0 Å². The normalized spacial score (nSPS) is 19.8. The van der Waals surface area contributed by atoms with Crippen LogP contribution in [-0.2, 0) is 9.59 Å². The Kier molecular flexibility index (Phi) is 4.92. The number of carbonyl (C=O) groups is 3. The highest BCUT2D eigenvalue weighted by atomic mass is 19.1. The molecule has 0 spiro atoms. The molecule has 0 aliphatic carbocycles. The van der Waals surface area contributed by atoms with E-state index in [9.17, 15) is 28.9 Å². The van der Waals surface area contributed by atoms with Crippen LogP contribution in [0.4, 0.5) is 21.5 Å². The number of hydrogen-bond donors (Lipinski definition) is 1. The van der Waals surface area contributed by atoms with Crippen LogP contribution < -0.4 is 10.2 Å². The summed E-state index contributed by atoms with van der Waals surface area (Å²) >= 11 is 0. The number of carbonyl (C=O) groups excluding carboxylic acids is 3. The summed E-state index contributed by atoms with van der Waals surface area (Å²) in [5.74, 6) is -1.85. The van der Waals surface area contributed by atoms with Crippen LogP contribution in [0.3, 0.4) is 0 Å². The topological polar surface area (TPSA) is 113 Å². The zero-order valence-corrected chi connectivity index (χ0v) is 16.6. The maximum atomic E-state index is 13.5. The highest BCUT2D eigenvalue weighted by Gasteiger charge is 2.52. The van der Waals surface area contributed by atoms with E-state index in [-0.39, 0.29) is 30.5 Å². The van der Waals surface area contributed by atoms with Gasteiger partial charge in [0.2, 0.25) is 17.6 Å². The number of amides is 3. The molecule has 2 aliphatic heterocycles. The zero-order valence-electron chi connectivity index (χ0n) is 16.6. The number of hydrogen-bond acceptors (Lipinski definition) is 5. The van der Waals surface area contributed by atoms with Gasteiger partial charge in [-0.2, -0.15) is 4.39 Å². The number of nitro benzene ring substituents is 1. The van der Waals surface area contributed by atoms with E-state index < -0.39 is 28.0 Å². The number of nitrogens with one attached hydrogen (secondary N) is 1. The molecule has 2 heterocycles. The van der Waals surface area contributed by atoms with Crippen molar-refractivity contribution in [3.63, 3.8) is 0 Å². The number of benzene rings is 2. The summed E-state index contributed by atoms with van der Waals surface area (Å²) in [7, 11) is 0. The van der Waals surface area contributed by atoms with E-state index in [0.717, 1.165) is 12.1 Å². The lowest BCUT2D eigenvalue weighted by Gasteiger charge is -2.48. The Balaban J connectivity index is 1.52. The first kappa shape index (κ1) is 20.5. The number of fused-ring (bicyclic) bond motifs is 3. The third-order valence-electron chi connectivity index (χ3n) is 5.73. The van der Waals surface area contributed by atoms with Crippen molar-refractivity contribution in [2.75, 3.05) is 16.8 Å². The van der Waals surface area contributed by atoms with Crippen molar-refractivity contribution in [2.24, 2.45) is 0 Å². The van der Waals surface area contributed by atoms with Gasteiger partial charge in [-0.3, -0.25) is 29.4 Å². The maximum absolute atomic E-state index is 13.5. The smallest absolute Gasteiger partial charge is 0.306 e. The molecule has 1 fully saturated rings. The molecule has 160 valence electrons. The van der Waals surface area contributed by atoms with Crippen molar-refractivity contribution >= 4 is 34.8 Å². The second kappa shape index (κ2) is 7.46. The molecule has 2 aliphatic rings. The average Bonchev–Trinajstić information content (AvgIpc) is 3.04. The highest BCUT2D eigenvalue weighted by Crippen LogP contribution is 2.43. The van der Waals surface area contributed by atoms with Gasteiger partial charge in [-0.1, -0.05) is 12.1 Å². The lowest BCUT2D eigenvalue weighted by molar-refractivity contribution is -0.387. The van der Waals surface area contributed by atoms with Gasteiger partial charge in [0, 0.05) is 31.1 Å². The largest absolute Gasteiger partial charge is 0.326 e. The molecule has 1 atom stereocenters. The molecule has 3 amide bonds. The molecule has 2 aromatic carbocycles. The molecule has 0 saturated carbocycles. The summed E-state index contributed by atoms with van der Waals surface area (Å²) in [5.41, 5.74) is -0.579. The summed E-state index contributed by atoms with van der Waals surface area (Å²) in [5, 5.41) is 13.4. The Labute approximate surface area is 176 Å². The average molecular weight is 426 g/mol. The SMILES string of the molecule is CC12CCC(=O)N1c1ccccc1C(=O)N2CCC(=O)Nc1ccc(F)c([N+](=O)[O-])c1. The lowest BCUT2D eigenvalue weighted by Crippen LogP contribution is -2.62. The first-order valence-electron chi connectivity index (χ1n) is 9.70. The van der Waals surface area contributed by atoms with Gasteiger partial charge < -0.3 is 10.2 Å². The zero-order chi connectivity index (χ0) is 22.3. The van der Waals surface area contributed by atoms with E-state index in [4.69, 9.17) is 0 Å². The van der Waals surface area contributed by atoms with Crippen molar-refractivity contribution in [2.45, 2.75) is 31.8 Å². The second-order valence-electron chi connectivity index (χ2n) is 7.64. The van der Waals surface area contributed by atoms with Crippen LogP contribution in [0.2, 0.25) is 0 Å². The van der Waals surface area contributed by atoms with Gasteiger partial charge in [-0.25, -0.2) is 0 Å². The van der Waals surface area contributed by atoms with Gasteiger partial charge >= 0.3 is 5.69 Å². The summed E-state index contributed by atoms with van der Waals surface area (Å²) < 4.78 is 13.5. The summed E-state index contributed by atoms with van der Waals surface area (Å²) in [6.07, 6.45) is 0.633. The quantitative estimate of drug-likeness (QED) is 0.583. The molecule has 9 nitrogen and oxygen atoms in total. The standard InChI is InChI=1S/C21H19FN4O5/c1-21-10-8-19(28)25(21)16-5-3-2-4-14(16)20(29)24(21)11-9-18(27)23-13-6-7-15(22)17(12-13)26(30)31/h2-7,12H,8-11H2,1H3,(H,23,27). The van der Waals surface area contributed by atoms with Crippen molar-refractivity contribution < 1.29 is 23.7 Å². The molecular formula is C21H19FN4O5. The highest BCUT2D eigenvalue weighted by molar-refractivity contribution is 6.10. The first-order chi connectivity index (χ1) is 14.7. The van der Waals surface area contributed by atoms with Crippen molar-refractivity contribution in [3.8, 4) is 0 Å². The van der Waals surface area contributed by atoms with Gasteiger partial charge in [0.05, 0.1) is 16.2 Å². The molecule has 1 N–H and O–H groups in total. The van der Waals surface area contributed by atoms with E-state index in [1.54, 1.807) is 36.1 Å². The second-order valence-corrected chi connectivity index (χ2v) is 7.64. The number of anilines is 2. The van der Waals surface area contributed by atoms with Gasteiger partial charge in [0.1, 0.15) is 5.66 Å². The monoisotopic (exact) mass is 426 g/mol. The fourth-order valence-electron chi connectivity index (χ4n) is 4.21. The van der Waals surface area contributed by atoms with Crippen molar-refractivity contribution in [1.29, 1.82) is 0 Å². The summed E-state index contributed by atoms with van der Waals surface area (Å²) in [6.45, 7) is 1.84. The Morgan fingerprint density at radius 3 is 2.74 bits per heavy atom. The minimum Gasteiger partial charge on any atom is -0.326 e. The predicted octanol–water partition coefficient (Wildman–Crippen LogP) is 3.06. The van der Waals surface area contributed by atoms with E-state index in [1.165, 1.54) is 11.0 Å². The minimum atomic E-state index is -1.00. The number of nitrogens with zero attached hydrogens (tertiary/aromatic N) is 3. The van der Waals surface area contributed by atoms with E-state index in [2.05, 4.69) is 5.32 Å². The third-order valence-corrected chi connectivity index (χ3v) is 5.73. The van der Waals surface area contributed by atoms with Crippen LogP contribution >= 0.6 is 0 Å². The van der Waals surface area contributed by atoms with Gasteiger partial charge in [-0.05, 0) is 37.6 Å². The molecular weight excluding hydrogens is 407 g/mol. The summed E-state index contributed by atoms with van der Waals surface area (Å²) in [4.78, 5) is 51.3. The van der Waals surface area contributed by atoms with Crippen LogP contribution in [-0.4, -0.2) is 39.8 Å². The number of halogens is 1. The minimum absolute atomic E-state index is 0.0442. The molecule has 1 saturated heterocycles. The van der Waals surface area contributed by atoms with Crippen LogP contribution in [0, 0.1) is 15.9 Å². The Hall–Kier alpha value is -3.82. The van der Waals surface area contributed by atoms with E-state index >= 15 is 0 Å². The molecule has 4 rings (SSSR count). The van der Waals surface area contributed by atoms with Crippen LogP contribution in [0.15, 0.2) is 42.5 Å². The third kappa shape index (κ3) is 3.39. The number of para-hydroxylation sites is 1. The number of rotatable bonds is 5. The van der Waals surface area contributed by atoms with E-state index in [0.29, 0.717) is 24.1 Å². The van der Waals surface area contributed by atoms with Crippen molar-refractivity contribution in [3.05, 3.63) is 64.0 Å². The molecule has 2 aromatic rings. The molecule has 0 aromatic heterocycles. The molecule has 1 unspecified atom stereocenters. The Morgan fingerprint density at radius 2 is 2.00 bits per heavy atom. The molecule has 0 radical (unpaired) electrons. The lowest BCUT2D eigenvalue weighted by atomic mass is 9.98. The fourth-order valence-corrected chi connectivity index (χ4v) is 4.21. The van der Waals surface area contributed by atoms with Crippen LogP contribution in [0.1, 0.15) is 36.5 Å². The maximum Gasteiger partial charge on any atom is 0.306 e. The Bertz CT molecular complexity index is 1120. The van der Waals surface area contributed by atoms with Crippen LogP contribution in [0.5, 0.6) is 0 Å². The number of nitro groups is 1. The molecule has 10 heteroatoms. The van der Waals surface area contributed by atoms with Crippen LogP contribution in [0.25, 0.3) is 0 Å². The Morgan fingerprint density at radius 1 is 1.26 bits per heavy atom. The molecule has 31 heavy (non-hydrogen) atoms. The van der Waals surface area contributed by atoms with Gasteiger partial charge in [0.15, 0.2) is 0 Å². The van der Waals surface area contributed by atoms with Crippen molar-refractivity contribution in [1.82, 2.24) is 4.90 Å². The molecule has 0 bridgehead atoms. The summed E-state index contributed by atoms with van der Waals surface area (Å²) in [6, 6.07) is 9.93. The van der Waals surface area contributed by atoms with E-state index in [1.807, 2.05) is 0 Å².